The third-order valence-electron chi connectivity index (χ3n) is 4.43. The molecule has 0 radical (unpaired) electrons. The average Bonchev–Trinajstić information content (AvgIpc) is 2.95. The van der Waals surface area contributed by atoms with E-state index >= 15 is 0 Å². The molecule has 1 atom stereocenters. The lowest BCUT2D eigenvalue weighted by atomic mass is 10.0. The zero-order valence-corrected chi connectivity index (χ0v) is 15.9. The van der Waals surface area contributed by atoms with Crippen molar-refractivity contribution in [2.24, 2.45) is 0 Å². The summed E-state index contributed by atoms with van der Waals surface area (Å²) in [6, 6.07) is 16.0. The van der Waals surface area contributed by atoms with Gasteiger partial charge >= 0.3 is 0 Å². The summed E-state index contributed by atoms with van der Waals surface area (Å²) in [4.78, 5) is 0.235. The van der Waals surface area contributed by atoms with Crippen LogP contribution in [0.1, 0.15) is 34.2 Å². The highest BCUT2D eigenvalue weighted by Gasteiger charge is 2.26. The maximum atomic E-state index is 12.9. The van der Waals surface area contributed by atoms with E-state index in [1.54, 1.807) is 24.3 Å². The van der Waals surface area contributed by atoms with Crippen LogP contribution < -0.4 is 4.72 Å². The van der Waals surface area contributed by atoms with E-state index in [1.165, 1.54) is 0 Å². The molecule has 3 rings (SSSR count). The fourth-order valence-electron chi connectivity index (χ4n) is 2.78. The Morgan fingerprint density at radius 1 is 1.00 bits per heavy atom. The first kappa shape index (κ1) is 18.4. The molecule has 0 aliphatic heterocycles. The van der Waals surface area contributed by atoms with Crippen LogP contribution in [-0.4, -0.2) is 13.6 Å². The van der Waals surface area contributed by atoms with Gasteiger partial charge in [-0.3, -0.25) is 0 Å². The van der Waals surface area contributed by atoms with Crippen molar-refractivity contribution < 1.29 is 12.9 Å². The summed E-state index contributed by atoms with van der Waals surface area (Å²) in [5.74, 6) is 0.688. The Kier molecular flexibility index (Phi) is 5.25. The average molecular weight is 370 g/mol. The highest BCUT2D eigenvalue weighted by molar-refractivity contribution is 7.89. The molecule has 0 aliphatic carbocycles. The Morgan fingerprint density at radius 3 is 2.23 bits per heavy atom. The lowest BCUT2D eigenvalue weighted by Gasteiger charge is -2.18. The molecule has 0 fully saturated rings. The van der Waals surface area contributed by atoms with Gasteiger partial charge in [0.2, 0.25) is 10.0 Å². The van der Waals surface area contributed by atoms with E-state index in [4.69, 9.17) is 4.52 Å². The van der Waals surface area contributed by atoms with Gasteiger partial charge in [0.1, 0.15) is 11.5 Å². The number of benzene rings is 2. The maximum Gasteiger partial charge on any atom is 0.241 e. The Bertz CT molecular complexity index is 978. The topological polar surface area (TPSA) is 72.2 Å². The van der Waals surface area contributed by atoms with Gasteiger partial charge < -0.3 is 4.52 Å². The van der Waals surface area contributed by atoms with Crippen LogP contribution >= 0.6 is 0 Å². The highest BCUT2D eigenvalue weighted by atomic mass is 32.2. The summed E-state index contributed by atoms with van der Waals surface area (Å²) in [5.41, 5.74) is 3.50. The Morgan fingerprint density at radius 2 is 1.65 bits per heavy atom. The lowest BCUT2D eigenvalue weighted by molar-refractivity contribution is 0.382. The largest absolute Gasteiger partial charge is 0.361 e. The number of nitrogens with one attached hydrogen (secondary N) is 1. The fraction of sp³-hybridized carbons (Fsp3) is 0.250. The molecule has 3 aromatic rings. The zero-order valence-electron chi connectivity index (χ0n) is 15.1. The Balaban J connectivity index is 1.95. The summed E-state index contributed by atoms with van der Waals surface area (Å²) < 4.78 is 33.8. The van der Waals surface area contributed by atoms with Crippen molar-refractivity contribution in [3.63, 3.8) is 0 Å². The SMILES string of the molecule is Cc1ccc(S(=O)(=O)N[C@H](Cc2ccccc2)c2noc(C)c2C)cc1. The van der Waals surface area contributed by atoms with Crippen molar-refractivity contribution in [3.8, 4) is 0 Å². The normalized spacial score (nSPS) is 12.9. The van der Waals surface area contributed by atoms with Crippen molar-refractivity contribution in [1.29, 1.82) is 0 Å². The second kappa shape index (κ2) is 7.43. The minimum atomic E-state index is -3.68. The number of rotatable bonds is 6. The first-order valence-electron chi connectivity index (χ1n) is 8.42. The second-order valence-electron chi connectivity index (χ2n) is 6.43. The number of nitrogens with zero attached hydrogens (tertiary/aromatic N) is 1. The number of sulfonamides is 1. The molecule has 0 amide bonds. The van der Waals surface area contributed by atoms with Crippen LogP contribution in [0.4, 0.5) is 0 Å². The van der Waals surface area contributed by atoms with Crippen LogP contribution in [0, 0.1) is 20.8 Å². The third kappa shape index (κ3) is 4.03. The molecule has 1 N–H and O–H groups in total. The van der Waals surface area contributed by atoms with Crippen LogP contribution in [0.3, 0.4) is 0 Å². The molecule has 1 aromatic heterocycles. The monoisotopic (exact) mass is 370 g/mol. The molecule has 136 valence electrons. The number of hydrogen-bond acceptors (Lipinski definition) is 4. The third-order valence-corrected chi connectivity index (χ3v) is 5.92. The Labute approximate surface area is 154 Å². The van der Waals surface area contributed by atoms with E-state index < -0.39 is 16.1 Å². The van der Waals surface area contributed by atoms with Crippen LogP contribution in [0.15, 0.2) is 64.0 Å². The number of hydrogen-bond donors (Lipinski definition) is 1. The fourth-order valence-corrected chi connectivity index (χ4v) is 3.98. The van der Waals surface area contributed by atoms with Crippen LogP contribution in [0.2, 0.25) is 0 Å². The summed E-state index contributed by atoms with van der Waals surface area (Å²) in [7, 11) is -3.68. The predicted octanol–water partition coefficient (Wildman–Crippen LogP) is 3.86. The highest BCUT2D eigenvalue weighted by Crippen LogP contribution is 2.25. The van der Waals surface area contributed by atoms with Gasteiger partial charge in [-0.25, -0.2) is 13.1 Å². The van der Waals surface area contributed by atoms with Crippen LogP contribution in [0.5, 0.6) is 0 Å². The summed E-state index contributed by atoms with van der Waals surface area (Å²) in [6.07, 6.45) is 0.485. The smallest absolute Gasteiger partial charge is 0.241 e. The molecule has 1 heterocycles. The van der Waals surface area contributed by atoms with Crippen molar-refractivity contribution in [1.82, 2.24) is 9.88 Å². The van der Waals surface area contributed by atoms with E-state index in [2.05, 4.69) is 9.88 Å². The first-order chi connectivity index (χ1) is 12.4. The first-order valence-corrected chi connectivity index (χ1v) is 9.91. The number of aromatic nitrogens is 1. The lowest BCUT2D eigenvalue weighted by Crippen LogP contribution is -2.30. The molecule has 0 spiro atoms. The molecular weight excluding hydrogens is 348 g/mol. The van der Waals surface area contributed by atoms with Gasteiger partial charge in [-0.15, -0.1) is 0 Å². The molecule has 0 saturated heterocycles. The van der Waals surface area contributed by atoms with E-state index in [0.717, 1.165) is 16.7 Å². The van der Waals surface area contributed by atoms with Gasteiger partial charge in [-0.2, -0.15) is 0 Å². The van der Waals surface area contributed by atoms with Crippen LogP contribution in [0.25, 0.3) is 0 Å². The molecule has 5 nitrogen and oxygen atoms in total. The minimum Gasteiger partial charge on any atom is -0.361 e. The standard InChI is InChI=1S/C20H22N2O3S/c1-14-9-11-18(12-10-14)26(23,24)22-19(13-17-7-5-4-6-8-17)20-15(2)16(3)25-21-20/h4-12,19,22H,13H2,1-3H3/t19-/m1/s1. The molecule has 0 saturated carbocycles. The van der Waals surface area contributed by atoms with Crippen molar-refractivity contribution in [2.45, 2.75) is 38.1 Å². The molecule has 0 aliphatic rings. The second-order valence-corrected chi connectivity index (χ2v) is 8.14. The van der Waals surface area contributed by atoms with Gasteiger partial charge in [0.15, 0.2) is 0 Å². The number of aryl methyl sites for hydroxylation is 2. The quantitative estimate of drug-likeness (QED) is 0.715. The van der Waals surface area contributed by atoms with Gasteiger partial charge in [0.25, 0.3) is 0 Å². The van der Waals surface area contributed by atoms with Crippen molar-refractivity contribution >= 4 is 10.0 Å². The van der Waals surface area contributed by atoms with Gasteiger partial charge in [-0.1, -0.05) is 53.2 Å². The van der Waals surface area contributed by atoms with Gasteiger partial charge in [0, 0.05) is 5.56 Å². The maximum absolute atomic E-state index is 12.9. The minimum absolute atomic E-state index is 0.235. The van der Waals surface area contributed by atoms with Gasteiger partial charge in [0.05, 0.1) is 10.9 Å². The Hall–Kier alpha value is -2.44. The summed E-state index contributed by atoms with van der Waals surface area (Å²) >= 11 is 0. The van der Waals surface area contributed by atoms with E-state index in [0.29, 0.717) is 17.9 Å². The van der Waals surface area contributed by atoms with Crippen LogP contribution in [-0.2, 0) is 16.4 Å². The molecule has 0 bridgehead atoms. The predicted molar refractivity (Wildman–Crippen MR) is 100 cm³/mol. The van der Waals surface area contributed by atoms with Crippen molar-refractivity contribution in [3.05, 3.63) is 82.7 Å². The van der Waals surface area contributed by atoms with E-state index in [-0.39, 0.29) is 4.90 Å². The molecule has 6 heteroatoms. The van der Waals surface area contributed by atoms with Gasteiger partial charge in [-0.05, 0) is 44.9 Å². The van der Waals surface area contributed by atoms with Crippen molar-refractivity contribution in [2.75, 3.05) is 0 Å². The van der Waals surface area contributed by atoms with E-state index in [9.17, 15) is 8.42 Å². The molecule has 0 unspecified atom stereocenters. The summed E-state index contributed by atoms with van der Waals surface area (Å²) in [6.45, 7) is 5.63. The molecule has 26 heavy (non-hydrogen) atoms. The zero-order chi connectivity index (χ0) is 18.7. The summed E-state index contributed by atoms with van der Waals surface area (Å²) in [5, 5.41) is 4.10. The molecular formula is C20H22N2O3S. The molecule has 2 aromatic carbocycles. The van der Waals surface area contributed by atoms with E-state index in [1.807, 2.05) is 51.1 Å².